The van der Waals surface area contributed by atoms with Gasteiger partial charge in [0.1, 0.15) is 6.04 Å². The van der Waals surface area contributed by atoms with Gasteiger partial charge in [0, 0.05) is 20.1 Å². The number of ether oxygens (including phenoxy) is 1. The lowest BCUT2D eigenvalue weighted by atomic mass is 10.0. The van der Waals surface area contributed by atoms with Crippen molar-refractivity contribution in [3.63, 3.8) is 0 Å². The molecule has 0 aromatic heterocycles. The van der Waals surface area contributed by atoms with Gasteiger partial charge in [0.25, 0.3) is 0 Å². The third kappa shape index (κ3) is 5.85. The monoisotopic (exact) mass is 306 g/mol. The minimum Gasteiger partial charge on any atom is -0.372 e. The van der Waals surface area contributed by atoms with Gasteiger partial charge in [0.2, 0.25) is 11.8 Å². The summed E-state index contributed by atoms with van der Waals surface area (Å²) < 4.78 is 5.70. The molecule has 0 unspecified atom stereocenters. The first-order valence-corrected chi connectivity index (χ1v) is 7.67. The van der Waals surface area contributed by atoms with E-state index in [1.165, 1.54) is 6.92 Å². The van der Waals surface area contributed by atoms with Crippen molar-refractivity contribution in [2.45, 2.75) is 39.8 Å². The Balaban J connectivity index is 2.67. The second kappa shape index (κ2) is 9.20. The van der Waals surface area contributed by atoms with Gasteiger partial charge in [-0.1, -0.05) is 44.2 Å². The molecule has 0 fully saturated rings. The highest BCUT2D eigenvalue weighted by Gasteiger charge is 2.23. The Bertz CT molecular complexity index is 474. The van der Waals surface area contributed by atoms with Crippen LogP contribution in [0, 0.1) is 5.92 Å². The highest BCUT2D eigenvalue weighted by atomic mass is 16.5. The van der Waals surface area contributed by atoms with Crippen molar-refractivity contribution in [2.24, 2.45) is 5.92 Å². The van der Waals surface area contributed by atoms with Crippen LogP contribution in [0.3, 0.4) is 0 Å². The SMILES string of the molecule is CCO[C@@H](CNC(=O)[C@H](NC(C)=O)C(C)C)c1ccccc1. The smallest absolute Gasteiger partial charge is 0.242 e. The van der Waals surface area contributed by atoms with Crippen LogP contribution in [0.1, 0.15) is 39.4 Å². The summed E-state index contributed by atoms with van der Waals surface area (Å²) in [5, 5.41) is 5.56. The molecular weight excluding hydrogens is 280 g/mol. The second-order valence-corrected chi connectivity index (χ2v) is 5.52. The molecule has 1 aromatic rings. The summed E-state index contributed by atoms with van der Waals surface area (Å²) in [6.45, 7) is 8.07. The first-order chi connectivity index (χ1) is 10.5. The molecule has 2 amide bonds. The molecule has 5 nitrogen and oxygen atoms in total. The molecule has 1 aromatic carbocycles. The highest BCUT2D eigenvalue weighted by molar-refractivity contribution is 5.87. The Morgan fingerprint density at radius 1 is 1.18 bits per heavy atom. The third-order valence-electron chi connectivity index (χ3n) is 3.31. The van der Waals surface area contributed by atoms with E-state index in [0.29, 0.717) is 13.2 Å². The number of rotatable bonds is 8. The Hall–Kier alpha value is -1.88. The fraction of sp³-hybridized carbons (Fsp3) is 0.529. The molecule has 0 aliphatic heterocycles. The van der Waals surface area contributed by atoms with Crippen molar-refractivity contribution in [2.75, 3.05) is 13.2 Å². The van der Waals surface area contributed by atoms with E-state index < -0.39 is 6.04 Å². The summed E-state index contributed by atoms with van der Waals surface area (Å²) >= 11 is 0. The topological polar surface area (TPSA) is 67.4 Å². The summed E-state index contributed by atoms with van der Waals surface area (Å²) in [7, 11) is 0. The molecule has 0 spiro atoms. The van der Waals surface area contributed by atoms with Crippen LogP contribution in [0.4, 0.5) is 0 Å². The molecule has 2 atom stereocenters. The molecule has 0 aliphatic carbocycles. The predicted octanol–water partition coefficient (Wildman–Crippen LogP) is 2.04. The van der Waals surface area contributed by atoms with E-state index in [0.717, 1.165) is 5.56 Å². The zero-order chi connectivity index (χ0) is 16.5. The van der Waals surface area contributed by atoms with Gasteiger partial charge in [0.05, 0.1) is 6.10 Å². The van der Waals surface area contributed by atoms with Crippen LogP contribution < -0.4 is 10.6 Å². The molecule has 0 radical (unpaired) electrons. The number of carbonyl (C=O) groups is 2. The van der Waals surface area contributed by atoms with E-state index in [9.17, 15) is 9.59 Å². The largest absolute Gasteiger partial charge is 0.372 e. The van der Waals surface area contributed by atoms with Gasteiger partial charge in [-0.3, -0.25) is 9.59 Å². The Morgan fingerprint density at radius 3 is 2.32 bits per heavy atom. The molecule has 2 N–H and O–H groups in total. The zero-order valence-electron chi connectivity index (χ0n) is 13.8. The lowest BCUT2D eigenvalue weighted by Crippen LogP contribution is -2.49. The average Bonchev–Trinajstić information content (AvgIpc) is 2.49. The summed E-state index contributed by atoms with van der Waals surface area (Å²) in [4.78, 5) is 23.5. The maximum Gasteiger partial charge on any atom is 0.242 e. The Kier molecular flexibility index (Phi) is 7.60. The standard InChI is InChI=1S/C17H26N2O3/c1-5-22-15(14-9-7-6-8-10-14)11-18-17(21)16(12(2)3)19-13(4)20/h6-10,12,15-16H,5,11H2,1-4H3,(H,18,21)(H,19,20)/t15-,16+/m0/s1. The van der Waals surface area contributed by atoms with Crippen LogP contribution in [0.15, 0.2) is 30.3 Å². The van der Waals surface area contributed by atoms with Crippen molar-refractivity contribution < 1.29 is 14.3 Å². The van der Waals surface area contributed by atoms with E-state index in [2.05, 4.69) is 10.6 Å². The summed E-state index contributed by atoms with van der Waals surface area (Å²) in [6.07, 6.45) is -0.194. The summed E-state index contributed by atoms with van der Waals surface area (Å²) in [6, 6.07) is 9.24. The summed E-state index contributed by atoms with van der Waals surface area (Å²) in [5.41, 5.74) is 1.02. The maximum atomic E-state index is 12.3. The number of nitrogens with one attached hydrogen (secondary N) is 2. The van der Waals surface area contributed by atoms with Crippen molar-refractivity contribution in [3.8, 4) is 0 Å². The van der Waals surface area contributed by atoms with E-state index in [4.69, 9.17) is 4.74 Å². The molecule has 1 rings (SSSR count). The van der Waals surface area contributed by atoms with Gasteiger partial charge < -0.3 is 15.4 Å². The van der Waals surface area contributed by atoms with Gasteiger partial charge in [-0.15, -0.1) is 0 Å². The van der Waals surface area contributed by atoms with E-state index in [1.807, 2.05) is 51.1 Å². The third-order valence-corrected chi connectivity index (χ3v) is 3.31. The van der Waals surface area contributed by atoms with Crippen molar-refractivity contribution in [3.05, 3.63) is 35.9 Å². The van der Waals surface area contributed by atoms with Gasteiger partial charge >= 0.3 is 0 Å². The van der Waals surface area contributed by atoms with Crippen molar-refractivity contribution in [1.82, 2.24) is 10.6 Å². The fourth-order valence-corrected chi connectivity index (χ4v) is 2.20. The van der Waals surface area contributed by atoms with E-state index >= 15 is 0 Å². The molecule has 0 heterocycles. The van der Waals surface area contributed by atoms with Gasteiger partial charge in [-0.05, 0) is 18.4 Å². The zero-order valence-corrected chi connectivity index (χ0v) is 13.8. The molecule has 5 heteroatoms. The Labute approximate surface area is 132 Å². The van der Waals surface area contributed by atoms with E-state index in [1.54, 1.807) is 0 Å². The first kappa shape index (κ1) is 18.2. The first-order valence-electron chi connectivity index (χ1n) is 7.67. The average molecular weight is 306 g/mol. The van der Waals surface area contributed by atoms with Gasteiger partial charge in [-0.25, -0.2) is 0 Å². The van der Waals surface area contributed by atoms with Crippen LogP contribution in [-0.4, -0.2) is 31.0 Å². The lowest BCUT2D eigenvalue weighted by molar-refractivity contribution is -0.129. The molecule has 0 saturated heterocycles. The van der Waals surface area contributed by atoms with E-state index in [-0.39, 0.29) is 23.8 Å². The minimum absolute atomic E-state index is 0.0196. The predicted molar refractivity (Wildman–Crippen MR) is 86.3 cm³/mol. The number of hydrogen-bond donors (Lipinski definition) is 2. The maximum absolute atomic E-state index is 12.3. The fourth-order valence-electron chi connectivity index (χ4n) is 2.20. The molecule has 22 heavy (non-hydrogen) atoms. The number of amides is 2. The van der Waals surface area contributed by atoms with Gasteiger partial charge in [0.15, 0.2) is 0 Å². The normalized spacial score (nSPS) is 13.5. The number of carbonyl (C=O) groups excluding carboxylic acids is 2. The molecule has 0 bridgehead atoms. The van der Waals surface area contributed by atoms with Crippen LogP contribution in [0.25, 0.3) is 0 Å². The molecule has 122 valence electrons. The Morgan fingerprint density at radius 2 is 1.82 bits per heavy atom. The number of hydrogen-bond acceptors (Lipinski definition) is 3. The van der Waals surface area contributed by atoms with Gasteiger partial charge in [-0.2, -0.15) is 0 Å². The quantitative estimate of drug-likeness (QED) is 0.772. The molecular formula is C17H26N2O3. The van der Waals surface area contributed by atoms with Crippen LogP contribution >= 0.6 is 0 Å². The van der Waals surface area contributed by atoms with Crippen LogP contribution in [-0.2, 0) is 14.3 Å². The van der Waals surface area contributed by atoms with Crippen LogP contribution in [0.2, 0.25) is 0 Å². The minimum atomic E-state index is -0.532. The molecule has 0 saturated carbocycles. The second-order valence-electron chi connectivity index (χ2n) is 5.52. The van der Waals surface area contributed by atoms with Crippen LogP contribution in [0.5, 0.6) is 0 Å². The number of benzene rings is 1. The lowest BCUT2D eigenvalue weighted by Gasteiger charge is -2.23. The van der Waals surface area contributed by atoms with Crippen molar-refractivity contribution in [1.29, 1.82) is 0 Å². The molecule has 0 aliphatic rings. The van der Waals surface area contributed by atoms with Crippen molar-refractivity contribution >= 4 is 11.8 Å². The summed E-state index contributed by atoms with van der Waals surface area (Å²) in [5.74, 6) is -0.379. The highest BCUT2D eigenvalue weighted by Crippen LogP contribution is 2.16.